The average molecular weight is 424 g/mol. The third-order valence-electron chi connectivity index (χ3n) is 5.47. The summed E-state index contributed by atoms with van der Waals surface area (Å²) in [7, 11) is 0. The molecule has 2 amide bonds. The lowest BCUT2D eigenvalue weighted by molar-refractivity contribution is -0.131. The maximum atomic E-state index is 12.7. The summed E-state index contributed by atoms with van der Waals surface area (Å²) < 4.78 is 5.47. The Kier molecular flexibility index (Phi) is 8.47. The van der Waals surface area contributed by atoms with Gasteiger partial charge in [-0.15, -0.1) is 0 Å². The largest absolute Gasteiger partial charge is 0.484 e. The molecule has 0 aliphatic carbocycles. The zero-order valence-corrected chi connectivity index (χ0v) is 18.5. The Bertz CT molecular complexity index is 831. The number of ether oxygens (including phenoxy) is 1. The highest BCUT2D eigenvalue weighted by molar-refractivity contribution is 5.88. The molecule has 0 saturated carbocycles. The van der Waals surface area contributed by atoms with Crippen molar-refractivity contribution in [2.45, 2.75) is 45.8 Å². The van der Waals surface area contributed by atoms with Crippen molar-refractivity contribution >= 4 is 11.8 Å². The molecule has 2 aromatic rings. The van der Waals surface area contributed by atoms with Gasteiger partial charge in [-0.25, -0.2) is 0 Å². The normalized spacial score (nSPS) is 14.9. The Labute approximate surface area is 185 Å². The highest BCUT2D eigenvalue weighted by Crippen LogP contribution is 2.13. The van der Waals surface area contributed by atoms with Crippen LogP contribution in [0, 0.1) is 5.92 Å². The molecule has 0 aromatic heterocycles. The summed E-state index contributed by atoms with van der Waals surface area (Å²) in [5, 5.41) is 5.74. The number of carbonyl (C=O) groups is 2. The molecule has 3 rings (SSSR count). The smallest absolute Gasteiger partial charge is 0.258 e. The molecule has 1 saturated heterocycles. The van der Waals surface area contributed by atoms with Gasteiger partial charge in [-0.1, -0.05) is 56.3 Å². The number of hydrogen-bond donors (Lipinski definition) is 2. The molecule has 1 atom stereocenters. The van der Waals surface area contributed by atoms with E-state index in [1.165, 1.54) is 31.5 Å². The molecule has 1 heterocycles. The van der Waals surface area contributed by atoms with Crippen molar-refractivity contribution in [1.29, 1.82) is 0 Å². The third-order valence-corrected chi connectivity index (χ3v) is 5.47. The first-order chi connectivity index (χ1) is 15.0. The number of rotatable bonds is 10. The van der Waals surface area contributed by atoms with E-state index in [-0.39, 0.29) is 24.3 Å². The molecule has 31 heavy (non-hydrogen) atoms. The summed E-state index contributed by atoms with van der Waals surface area (Å²) in [6.07, 6.45) is 2.58. The number of para-hydroxylation sites is 1. The van der Waals surface area contributed by atoms with Crippen LogP contribution in [0.4, 0.5) is 0 Å². The Balaban J connectivity index is 1.45. The van der Waals surface area contributed by atoms with Gasteiger partial charge in [0.25, 0.3) is 5.91 Å². The van der Waals surface area contributed by atoms with Gasteiger partial charge in [0, 0.05) is 13.1 Å². The number of nitrogens with one attached hydrogen (secondary N) is 2. The molecule has 1 aliphatic heterocycles. The highest BCUT2D eigenvalue weighted by Gasteiger charge is 2.24. The monoisotopic (exact) mass is 423 g/mol. The Morgan fingerprint density at radius 3 is 2.26 bits per heavy atom. The van der Waals surface area contributed by atoms with E-state index in [0.29, 0.717) is 12.3 Å². The quantitative estimate of drug-likeness (QED) is 0.616. The first kappa shape index (κ1) is 22.8. The predicted molar refractivity (Wildman–Crippen MR) is 122 cm³/mol. The van der Waals surface area contributed by atoms with Gasteiger partial charge in [0.15, 0.2) is 6.61 Å². The van der Waals surface area contributed by atoms with E-state index in [9.17, 15) is 9.59 Å². The molecule has 0 bridgehead atoms. The number of amides is 2. The van der Waals surface area contributed by atoms with Crippen molar-refractivity contribution in [3.05, 3.63) is 65.7 Å². The number of nitrogens with zero attached hydrogens (tertiary/aromatic N) is 1. The van der Waals surface area contributed by atoms with Gasteiger partial charge in [-0.3, -0.25) is 14.5 Å². The van der Waals surface area contributed by atoms with Crippen molar-refractivity contribution in [3.63, 3.8) is 0 Å². The molecule has 2 N–H and O–H groups in total. The zero-order chi connectivity index (χ0) is 22.1. The van der Waals surface area contributed by atoms with Crippen LogP contribution in [0.15, 0.2) is 54.6 Å². The number of benzene rings is 2. The van der Waals surface area contributed by atoms with Gasteiger partial charge in [0.1, 0.15) is 11.8 Å². The second-order valence-electron chi connectivity index (χ2n) is 8.41. The van der Waals surface area contributed by atoms with Crippen LogP contribution in [-0.2, 0) is 22.7 Å². The lowest BCUT2D eigenvalue weighted by Crippen LogP contribution is -2.50. The molecule has 6 heteroatoms. The Hall–Kier alpha value is -2.86. The standard InChI is InChI=1S/C25H33N3O3/c1-19(2)24(27-23(29)18-31-22-8-4-3-5-9-22)25(30)26-16-20-10-12-21(13-11-20)17-28-14-6-7-15-28/h3-5,8-13,19,24H,6-7,14-18H2,1-2H3,(H,26,30)(H,27,29)/t24-/m0/s1. The zero-order valence-electron chi connectivity index (χ0n) is 18.5. The van der Waals surface area contributed by atoms with Crippen LogP contribution in [0.5, 0.6) is 5.75 Å². The summed E-state index contributed by atoms with van der Waals surface area (Å²) in [4.78, 5) is 27.4. The molecule has 2 aromatic carbocycles. The molecular weight excluding hydrogens is 390 g/mol. The van der Waals surface area contributed by atoms with E-state index in [1.54, 1.807) is 12.1 Å². The SMILES string of the molecule is CC(C)[C@H](NC(=O)COc1ccccc1)C(=O)NCc1ccc(CN2CCCC2)cc1. The van der Waals surface area contributed by atoms with E-state index < -0.39 is 6.04 Å². The minimum Gasteiger partial charge on any atom is -0.484 e. The van der Waals surface area contributed by atoms with Crippen molar-refractivity contribution in [1.82, 2.24) is 15.5 Å². The van der Waals surface area contributed by atoms with E-state index >= 15 is 0 Å². The van der Waals surface area contributed by atoms with Crippen molar-refractivity contribution < 1.29 is 14.3 Å². The second kappa shape index (κ2) is 11.5. The van der Waals surface area contributed by atoms with E-state index in [4.69, 9.17) is 4.74 Å². The topological polar surface area (TPSA) is 70.7 Å². The van der Waals surface area contributed by atoms with Gasteiger partial charge in [0.05, 0.1) is 0 Å². The summed E-state index contributed by atoms with van der Waals surface area (Å²) in [6.45, 7) is 7.47. The number of likely N-dealkylation sites (tertiary alicyclic amines) is 1. The third kappa shape index (κ3) is 7.40. The fourth-order valence-corrected chi connectivity index (χ4v) is 3.68. The fraction of sp³-hybridized carbons (Fsp3) is 0.440. The minimum absolute atomic E-state index is 0.0384. The first-order valence-electron chi connectivity index (χ1n) is 11.1. The van der Waals surface area contributed by atoms with Crippen molar-refractivity contribution in [2.24, 2.45) is 5.92 Å². The van der Waals surface area contributed by atoms with Crippen LogP contribution in [0.1, 0.15) is 37.8 Å². The summed E-state index contributed by atoms with van der Waals surface area (Å²) >= 11 is 0. The molecule has 1 aliphatic rings. The number of carbonyl (C=O) groups excluding carboxylic acids is 2. The molecule has 0 spiro atoms. The Morgan fingerprint density at radius 2 is 1.61 bits per heavy atom. The molecule has 6 nitrogen and oxygen atoms in total. The molecule has 0 unspecified atom stereocenters. The van der Waals surface area contributed by atoms with Crippen molar-refractivity contribution in [2.75, 3.05) is 19.7 Å². The molecule has 1 fully saturated rings. The maximum Gasteiger partial charge on any atom is 0.258 e. The molecule has 166 valence electrons. The van der Waals surface area contributed by atoms with Gasteiger partial charge in [-0.05, 0) is 55.1 Å². The predicted octanol–water partition coefficient (Wildman–Crippen LogP) is 3.12. The van der Waals surface area contributed by atoms with Crippen LogP contribution in [-0.4, -0.2) is 42.5 Å². The van der Waals surface area contributed by atoms with Gasteiger partial charge >= 0.3 is 0 Å². The molecular formula is C25H33N3O3. The summed E-state index contributed by atoms with van der Waals surface area (Å²) in [5.41, 5.74) is 2.34. The molecule has 0 radical (unpaired) electrons. The Morgan fingerprint density at radius 1 is 0.968 bits per heavy atom. The highest BCUT2D eigenvalue weighted by atomic mass is 16.5. The van der Waals surface area contributed by atoms with Gasteiger partial charge in [-0.2, -0.15) is 0 Å². The maximum absolute atomic E-state index is 12.7. The van der Waals surface area contributed by atoms with Crippen LogP contribution >= 0.6 is 0 Å². The van der Waals surface area contributed by atoms with Crippen LogP contribution in [0.2, 0.25) is 0 Å². The number of hydrogen-bond acceptors (Lipinski definition) is 4. The average Bonchev–Trinajstić information content (AvgIpc) is 3.29. The lowest BCUT2D eigenvalue weighted by Gasteiger charge is -2.22. The first-order valence-corrected chi connectivity index (χ1v) is 11.1. The van der Waals surface area contributed by atoms with E-state index in [0.717, 1.165) is 12.1 Å². The lowest BCUT2D eigenvalue weighted by atomic mass is 10.0. The fourth-order valence-electron chi connectivity index (χ4n) is 3.68. The van der Waals surface area contributed by atoms with Crippen LogP contribution < -0.4 is 15.4 Å². The van der Waals surface area contributed by atoms with Crippen LogP contribution in [0.25, 0.3) is 0 Å². The van der Waals surface area contributed by atoms with E-state index in [2.05, 4.69) is 39.8 Å². The van der Waals surface area contributed by atoms with Gasteiger partial charge < -0.3 is 15.4 Å². The second-order valence-corrected chi connectivity index (χ2v) is 8.41. The minimum atomic E-state index is -0.610. The van der Waals surface area contributed by atoms with Crippen LogP contribution in [0.3, 0.4) is 0 Å². The van der Waals surface area contributed by atoms with E-state index in [1.807, 2.05) is 32.0 Å². The summed E-state index contributed by atoms with van der Waals surface area (Å²) in [6, 6.07) is 16.9. The van der Waals surface area contributed by atoms with Gasteiger partial charge in [0.2, 0.25) is 5.91 Å². The van der Waals surface area contributed by atoms with Crippen molar-refractivity contribution in [3.8, 4) is 5.75 Å². The summed E-state index contributed by atoms with van der Waals surface area (Å²) in [5.74, 6) is 0.0769.